The number of hydrogen-bond acceptors (Lipinski definition) is 2. The van der Waals surface area contributed by atoms with Crippen molar-refractivity contribution in [2.45, 2.75) is 20.0 Å². The van der Waals surface area contributed by atoms with Crippen LogP contribution in [0.1, 0.15) is 24.2 Å². The fourth-order valence-electron chi connectivity index (χ4n) is 1.23. The molecule has 0 heterocycles. The van der Waals surface area contributed by atoms with E-state index in [1.165, 1.54) is 24.3 Å². The average molecular weight is 245 g/mol. The SMILES string of the molecule is CC(C)CNc1ccc(C(=O)C(F)(F)F)cc1. The fraction of sp³-hybridized carbons (Fsp3) is 0.417. The van der Waals surface area contributed by atoms with Crippen LogP contribution >= 0.6 is 0 Å². The second-order valence-electron chi connectivity index (χ2n) is 4.18. The molecule has 94 valence electrons. The van der Waals surface area contributed by atoms with E-state index in [4.69, 9.17) is 0 Å². The van der Waals surface area contributed by atoms with E-state index in [2.05, 4.69) is 5.32 Å². The summed E-state index contributed by atoms with van der Waals surface area (Å²) in [5.41, 5.74) is 0.366. The molecule has 1 N–H and O–H groups in total. The number of alkyl halides is 3. The maximum atomic E-state index is 12.1. The molecule has 0 saturated carbocycles. The number of anilines is 1. The molecule has 0 aliphatic carbocycles. The third-order valence-electron chi connectivity index (χ3n) is 2.12. The Morgan fingerprint density at radius 2 is 1.76 bits per heavy atom. The monoisotopic (exact) mass is 245 g/mol. The maximum absolute atomic E-state index is 12.1. The van der Waals surface area contributed by atoms with Crippen molar-refractivity contribution < 1.29 is 18.0 Å². The van der Waals surface area contributed by atoms with E-state index in [0.29, 0.717) is 11.6 Å². The van der Waals surface area contributed by atoms with Gasteiger partial charge >= 0.3 is 6.18 Å². The summed E-state index contributed by atoms with van der Waals surface area (Å²) in [6, 6.07) is 5.31. The van der Waals surface area contributed by atoms with E-state index in [1.54, 1.807) is 0 Å². The minimum absolute atomic E-state index is 0.340. The molecule has 17 heavy (non-hydrogen) atoms. The molecule has 2 nitrogen and oxygen atoms in total. The molecule has 0 aliphatic heterocycles. The van der Waals surface area contributed by atoms with Crippen molar-refractivity contribution in [2.24, 2.45) is 5.92 Å². The van der Waals surface area contributed by atoms with Gasteiger partial charge < -0.3 is 5.32 Å². The van der Waals surface area contributed by atoms with Gasteiger partial charge in [0.25, 0.3) is 5.78 Å². The highest BCUT2D eigenvalue weighted by Gasteiger charge is 2.39. The zero-order valence-electron chi connectivity index (χ0n) is 9.64. The molecule has 1 aromatic rings. The van der Waals surface area contributed by atoms with E-state index >= 15 is 0 Å². The highest BCUT2D eigenvalue weighted by molar-refractivity contribution is 6.00. The Balaban J connectivity index is 2.71. The Kier molecular flexibility index (Phi) is 4.15. The number of nitrogens with one attached hydrogen (secondary N) is 1. The molecule has 0 atom stereocenters. The van der Waals surface area contributed by atoms with Crippen molar-refractivity contribution >= 4 is 11.5 Å². The number of halogens is 3. The number of hydrogen-bond donors (Lipinski definition) is 1. The molecule has 0 saturated heterocycles. The lowest BCUT2D eigenvalue weighted by Crippen LogP contribution is -2.22. The summed E-state index contributed by atoms with van der Waals surface area (Å²) in [5.74, 6) is -1.38. The molecule has 0 aliphatic rings. The van der Waals surface area contributed by atoms with E-state index in [-0.39, 0.29) is 5.56 Å². The molecule has 0 spiro atoms. The summed E-state index contributed by atoms with van der Waals surface area (Å²) in [4.78, 5) is 10.9. The lowest BCUT2D eigenvalue weighted by molar-refractivity contribution is -0.0885. The number of benzene rings is 1. The molecular formula is C12H14F3NO. The molecule has 0 unspecified atom stereocenters. The number of ketones is 1. The minimum Gasteiger partial charge on any atom is -0.385 e. The zero-order chi connectivity index (χ0) is 13.1. The Morgan fingerprint density at radius 3 is 2.18 bits per heavy atom. The van der Waals surface area contributed by atoms with Crippen LogP contribution < -0.4 is 5.32 Å². The quantitative estimate of drug-likeness (QED) is 0.822. The van der Waals surface area contributed by atoms with Crippen LogP contribution in [0.15, 0.2) is 24.3 Å². The van der Waals surface area contributed by atoms with Crippen molar-refractivity contribution in [3.63, 3.8) is 0 Å². The highest BCUT2D eigenvalue weighted by Crippen LogP contribution is 2.22. The van der Waals surface area contributed by atoms with E-state index < -0.39 is 12.0 Å². The fourth-order valence-corrected chi connectivity index (χ4v) is 1.23. The largest absolute Gasteiger partial charge is 0.454 e. The summed E-state index contributed by atoms with van der Waals surface area (Å²) in [6.45, 7) is 4.77. The van der Waals surface area contributed by atoms with Crippen LogP contribution in [-0.4, -0.2) is 18.5 Å². The van der Waals surface area contributed by atoms with Crippen LogP contribution in [0.25, 0.3) is 0 Å². The van der Waals surface area contributed by atoms with Crippen molar-refractivity contribution in [3.05, 3.63) is 29.8 Å². The van der Waals surface area contributed by atoms with E-state index in [1.807, 2.05) is 13.8 Å². The summed E-state index contributed by atoms with van der Waals surface area (Å²) in [5, 5.41) is 3.06. The molecule has 5 heteroatoms. The Morgan fingerprint density at radius 1 is 1.24 bits per heavy atom. The van der Waals surface area contributed by atoms with Crippen LogP contribution in [0.4, 0.5) is 18.9 Å². The predicted molar refractivity (Wildman–Crippen MR) is 60.2 cm³/mol. The van der Waals surface area contributed by atoms with Gasteiger partial charge in [-0.25, -0.2) is 0 Å². The van der Waals surface area contributed by atoms with Gasteiger partial charge in [0.05, 0.1) is 0 Å². The standard InChI is InChI=1S/C12H14F3NO/c1-8(2)7-16-10-5-3-9(4-6-10)11(17)12(13,14)15/h3-6,8,16H,7H2,1-2H3. The minimum atomic E-state index is -4.81. The molecule has 0 fully saturated rings. The van der Waals surface area contributed by atoms with Crippen LogP contribution in [0.2, 0.25) is 0 Å². The van der Waals surface area contributed by atoms with E-state index in [0.717, 1.165) is 6.54 Å². The smallest absolute Gasteiger partial charge is 0.385 e. The first-order valence-corrected chi connectivity index (χ1v) is 5.26. The molecule has 0 radical (unpaired) electrons. The van der Waals surface area contributed by atoms with Gasteiger partial charge in [-0.3, -0.25) is 4.79 Å². The average Bonchev–Trinajstić information content (AvgIpc) is 2.25. The maximum Gasteiger partial charge on any atom is 0.454 e. The predicted octanol–water partition coefficient (Wildman–Crippen LogP) is 3.50. The molecule has 1 rings (SSSR count). The highest BCUT2D eigenvalue weighted by atomic mass is 19.4. The lowest BCUT2D eigenvalue weighted by Gasteiger charge is -2.10. The van der Waals surface area contributed by atoms with Gasteiger partial charge in [0.2, 0.25) is 0 Å². The summed E-state index contributed by atoms with van der Waals surface area (Å²) in [7, 11) is 0. The Bertz CT molecular complexity index is 382. The normalized spacial score (nSPS) is 11.6. The van der Waals surface area contributed by atoms with Crippen LogP contribution in [0, 0.1) is 5.92 Å². The van der Waals surface area contributed by atoms with Crippen molar-refractivity contribution in [1.82, 2.24) is 0 Å². The summed E-state index contributed by atoms with van der Waals surface area (Å²) >= 11 is 0. The first-order chi connectivity index (χ1) is 7.80. The molecular weight excluding hydrogens is 231 g/mol. The Hall–Kier alpha value is -1.52. The van der Waals surface area contributed by atoms with Gasteiger partial charge in [-0.15, -0.1) is 0 Å². The van der Waals surface area contributed by atoms with Crippen molar-refractivity contribution in [3.8, 4) is 0 Å². The van der Waals surface area contributed by atoms with Crippen LogP contribution in [0.3, 0.4) is 0 Å². The lowest BCUT2D eigenvalue weighted by atomic mass is 10.1. The second-order valence-corrected chi connectivity index (χ2v) is 4.18. The van der Waals surface area contributed by atoms with Crippen LogP contribution in [0.5, 0.6) is 0 Å². The van der Waals surface area contributed by atoms with E-state index in [9.17, 15) is 18.0 Å². The summed E-state index contributed by atoms with van der Waals surface area (Å²) in [6.07, 6.45) is -4.81. The Labute approximate surface area is 97.8 Å². The first-order valence-electron chi connectivity index (χ1n) is 5.26. The number of Topliss-reactive ketones (excluding diaryl/α,β-unsaturated/α-hetero) is 1. The van der Waals surface area contributed by atoms with Gasteiger partial charge in [-0.2, -0.15) is 13.2 Å². The number of carbonyl (C=O) groups excluding carboxylic acids is 1. The van der Waals surface area contributed by atoms with Crippen molar-refractivity contribution in [2.75, 3.05) is 11.9 Å². The van der Waals surface area contributed by atoms with Crippen molar-refractivity contribution in [1.29, 1.82) is 0 Å². The molecule has 1 aromatic carbocycles. The second kappa shape index (κ2) is 5.21. The molecule has 0 bridgehead atoms. The third-order valence-corrected chi connectivity index (χ3v) is 2.12. The topological polar surface area (TPSA) is 29.1 Å². The van der Waals surface area contributed by atoms with Gasteiger partial charge in [0.1, 0.15) is 0 Å². The first kappa shape index (κ1) is 13.5. The van der Waals surface area contributed by atoms with Gasteiger partial charge in [0.15, 0.2) is 0 Å². The van der Waals surface area contributed by atoms with Gasteiger partial charge in [0, 0.05) is 17.8 Å². The number of rotatable bonds is 4. The number of carbonyl (C=O) groups is 1. The zero-order valence-corrected chi connectivity index (χ0v) is 9.64. The molecule has 0 amide bonds. The third kappa shape index (κ3) is 4.09. The van der Waals surface area contributed by atoms with Crippen LogP contribution in [-0.2, 0) is 0 Å². The summed E-state index contributed by atoms with van der Waals surface area (Å²) < 4.78 is 36.4. The van der Waals surface area contributed by atoms with Gasteiger partial charge in [-0.1, -0.05) is 13.8 Å². The van der Waals surface area contributed by atoms with Gasteiger partial charge in [-0.05, 0) is 30.2 Å². The molecule has 0 aromatic heterocycles.